The second-order valence-electron chi connectivity index (χ2n) is 6.31. The Morgan fingerprint density at radius 2 is 1.91 bits per heavy atom. The lowest BCUT2D eigenvalue weighted by Gasteiger charge is -2.22. The van der Waals surface area contributed by atoms with Gasteiger partial charge >= 0.3 is 6.09 Å². The topological polar surface area (TPSA) is 78.8 Å². The lowest BCUT2D eigenvalue weighted by atomic mass is 9.97. The van der Waals surface area contributed by atoms with Crippen molar-refractivity contribution in [1.29, 1.82) is 0 Å². The molecule has 0 heterocycles. The minimum Gasteiger partial charge on any atom is -0.444 e. The van der Waals surface area contributed by atoms with E-state index in [0.717, 1.165) is 6.07 Å². The van der Waals surface area contributed by atoms with E-state index in [0.29, 0.717) is 0 Å². The number of aliphatic hydroxyl groups is 2. The predicted octanol–water partition coefficient (Wildman–Crippen LogP) is 2.58. The van der Waals surface area contributed by atoms with Gasteiger partial charge < -0.3 is 20.3 Å². The fourth-order valence-electron chi connectivity index (χ4n) is 1.99. The molecule has 0 bridgehead atoms. The van der Waals surface area contributed by atoms with Crippen molar-refractivity contribution in [3.8, 4) is 0 Å². The van der Waals surface area contributed by atoms with Crippen LogP contribution in [0.1, 0.15) is 44.4 Å². The molecule has 1 aromatic carbocycles. The van der Waals surface area contributed by atoms with Gasteiger partial charge in [-0.25, -0.2) is 13.6 Å². The predicted molar refractivity (Wildman–Crippen MR) is 80.9 cm³/mol. The number of carbonyl (C=O) groups is 1. The quantitative estimate of drug-likeness (QED) is 0.775. The highest BCUT2D eigenvalue weighted by Crippen LogP contribution is 2.25. The molecule has 23 heavy (non-hydrogen) atoms. The van der Waals surface area contributed by atoms with Crippen LogP contribution < -0.4 is 5.32 Å². The van der Waals surface area contributed by atoms with Crippen molar-refractivity contribution in [1.82, 2.24) is 5.32 Å². The van der Waals surface area contributed by atoms with Crippen LogP contribution in [-0.4, -0.2) is 34.6 Å². The number of amides is 1. The van der Waals surface area contributed by atoms with E-state index in [1.54, 1.807) is 20.8 Å². The highest BCUT2D eigenvalue weighted by molar-refractivity contribution is 5.67. The minimum absolute atomic E-state index is 0.0266. The van der Waals surface area contributed by atoms with E-state index in [1.807, 2.05) is 0 Å². The molecule has 1 rings (SSSR count). The number of carbonyl (C=O) groups excluding carboxylic acids is 1. The van der Waals surface area contributed by atoms with E-state index < -0.39 is 35.5 Å². The monoisotopic (exact) mass is 331 g/mol. The third kappa shape index (κ3) is 5.76. The molecule has 5 nitrogen and oxygen atoms in total. The van der Waals surface area contributed by atoms with Crippen LogP contribution in [-0.2, 0) is 4.74 Å². The molecule has 0 aliphatic heterocycles. The summed E-state index contributed by atoms with van der Waals surface area (Å²) in [5.41, 5.74) is -0.587. The number of benzene rings is 1. The molecule has 1 aromatic rings. The van der Waals surface area contributed by atoms with Gasteiger partial charge in [-0.05, 0) is 51.3 Å². The van der Waals surface area contributed by atoms with Gasteiger partial charge in [0.1, 0.15) is 11.7 Å². The van der Waals surface area contributed by atoms with Crippen molar-refractivity contribution in [3.05, 3.63) is 34.9 Å². The maximum atomic E-state index is 13.5. The molecular formula is C16H23F2NO4. The largest absolute Gasteiger partial charge is 0.444 e. The van der Waals surface area contributed by atoms with Gasteiger partial charge in [0.25, 0.3) is 0 Å². The molecule has 0 fully saturated rings. The van der Waals surface area contributed by atoms with Crippen LogP contribution >= 0.6 is 0 Å². The Bertz CT molecular complexity index is 558. The molecule has 0 radical (unpaired) electrons. The summed E-state index contributed by atoms with van der Waals surface area (Å²) < 4.78 is 31.6. The molecule has 0 saturated heterocycles. The zero-order chi connectivity index (χ0) is 17.8. The molecule has 2 unspecified atom stereocenters. The maximum absolute atomic E-state index is 13.5. The molecule has 1 amide bonds. The number of halogens is 2. The van der Waals surface area contributed by atoms with E-state index >= 15 is 0 Å². The summed E-state index contributed by atoms with van der Waals surface area (Å²) >= 11 is 0. The highest BCUT2D eigenvalue weighted by atomic mass is 19.2. The fourth-order valence-corrected chi connectivity index (χ4v) is 1.99. The van der Waals surface area contributed by atoms with Crippen LogP contribution in [0, 0.1) is 18.6 Å². The molecular weight excluding hydrogens is 308 g/mol. The number of nitrogens with one attached hydrogen (secondary N) is 1. The Hall–Kier alpha value is -1.73. The summed E-state index contributed by atoms with van der Waals surface area (Å²) in [4.78, 5) is 11.4. The minimum atomic E-state index is -1.38. The molecule has 0 spiro atoms. The highest BCUT2D eigenvalue weighted by Gasteiger charge is 2.23. The van der Waals surface area contributed by atoms with E-state index in [4.69, 9.17) is 4.74 Å². The number of hydrogen-bond donors (Lipinski definition) is 3. The first-order valence-electron chi connectivity index (χ1n) is 7.30. The maximum Gasteiger partial charge on any atom is 0.407 e. The Kier molecular flexibility index (Phi) is 6.47. The smallest absolute Gasteiger partial charge is 0.407 e. The van der Waals surface area contributed by atoms with Crippen LogP contribution in [0.2, 0.25) is 0 Å². The lowest BCUT2D eigenvalue weighted by Crippen LogP contribution is -2.34. The first-order valence-corrected chi connectivity index (χ1v) is 7.30. The number of aliphatic hydroxyl groups excluding tert-OH is 2. The summed E-state index contributed by atoms with van der Waals surface area (Å²) in [7, 11) is 0. The number of ether oxygens (including phenoxy) is 1. The number of hydrogen-bond acceptors (Lipinski definition) is 4. The van der Waals surface area contributed by atoms with Gasteiger partial charge in [0.2, 0.25) is 0 Å². The van der Waals surface area contributed by atoms with Crippen molar-refractivity contribution >= 4 is 6.09 Å². The van der Waals surface area contributed by atoms with Gasteiger partial charge in [0.05, 0.1) is 6.10 Å². The standard InChI is InChI=1S/C16H23F2NO4/c1-9-10(5-6-11(17)13(9)18)14(21)12(20)7-8-19-15(22)23-16(2,3)4/h5-6,12,14,20-21H,7-8H2,1-4H3,(H,19,22). The van der Waals surface area contributed by atoms with Crippen LogP contribution in [0.5, 0.6) is 0 Å². The lowest BCUT2D eigenvalue weighted by molar-refractivity contribution is 0.0117. The van der Waals surface area contributed by atoms with Crippen molar-refractivity contribution in [2.75, 3.05) is 6.54 Å². The van der Waals surface area contributed by atoms with Crippen LogP contribution in [0.15, 0.2) is 12.1 Å². The van der Waals surface area contributed by atoms with Gasteiger partial charge in [-0.1, -0.05) is 6.07 Å². The summed E-state index contributed by atoms with van der Waals surface area (Å²) in [5, 5.41) is 22.4. The average Bonchev–Trinajstić information content (AvgIpc) is 2.42. The van der Waals surface area contributed by atoms with Crippen LogP contribution in [0.4, 0.5) is 13.6 Å². The second kappa shape index (κ2) is 7.70. The van der Waals surface area contributed by atoms with E-state index in [-0.39, 0.29) is 24.1 Å². The van der Waals surface area contributed by atoms with Gasteiger partial charge in [-0.3, -0.25) is 0 Å². The third-order valence-corrected chi connectivity index (χ3v) is 3.17. The van der Waals surface area contributed by atoms with Crippen LogP contribution in [0.25, 0.3) is 0 Å². The van der Waals surface area contributed by atoms with Crippen LogP contribution in [0.3, 0.4) is 0 Å². The Morgan fingerprint density at radius 1 is 1.30 bits per heavy atom. The zero-order valence-electron chi connectivity index (χ0n) is 13.7. The van der Waals surface area contributed by atoms with Crippen molar-refractivity contribution in [3.63, 3.8) is 0 Å². The number of rotatable bonds is 5. The summed E-state index contributed by atoms with van der Waals surface area (Å²) in [6.45, 7) is 6.55. The third-order valence-electron chi connectivity index (χ3n) is 3.17. The molecule has 0 aromatic heterocycles. The first kappa shape index (κ1) is 19.3. The average molecular weight is 331 g/mol. The van der Waals surface area contributed by atoms with Crippen molar-refractivity contribution in [2.24, 2.45) is 0 Å². The molecule has 7 heteroatoms. The van der Waals surface area contributed by atoms with Gasteiger partial charge in [0.15, 0.2) is 11.6 Å². The molecule has 0 aliphatic rings. The molecule has 2 atom stereocenters. The first-order chi connectivity index (χ1) is 10.5. The SMILES string of the molecule is Cc1c(C(O)C(O)CCNC(=O)OC(C)(C)C)ccc(F)c1F. The zero-order valence-corrected chi connectivity index (χ0v) is 13.7. The van der Waals surface area contributed by atoms with Crippen molar-refractivity contribution < 1.29 is 28.5 Å². The van der Waals surface area contributed by atoms with E-state index in [1.165, 1.54) is 13.0 Å². The van der Waals surface area contributed by atoms with E-state index in [2.05, 4.69) is 5.32 Å². The Labute approximate surface area is 134 Å². The molecule has 3 N–H and O–H groups in total. The summed E-state index contributed by atoms with van der Waals surface area (Å²) in [6, 6.07) is 2.12. The normalized spacial score (nSPS) is 14.3. The van der Waals surface area contributed by atoms with Crippen molar-refractivity contribution in [2.45, 2.75) is 51.9 Å². The number of alkyl carbamates (subject to hydrolysis) is 1. The van der Waals surface area contributed by atoms with Gasteiger partial charge in [-0.2, -0.15) is 0 Å². The molecule has 0 saturated carbocycles. The Balaban J connectivity index is 2.57. The second-order valence-corrected chi connectivity index (χ2v) is 6.31. The summed E-state index contributed by atoms with van der Waals surface area (Å²) in [5.74, 6) is -2.07. The molecule has 0 aliphatic carbocycles. The summed E-state index contributed by atoms with van der Waals surface area (Å²) in [6.07, 6.45) is -3.24. The fraction of sp³-hybridized carbons (Fsp3) is 0.562. The van der Waals surface area contributed by atoms with Gasteiger partial charge in [-0.15, -0.1) is 0 Å². The van der Waals surface area contributed by atoms with Gasteiger partial charge in [0, 0.05) is 6.54 Å². The van der Waals surface area contributed by atoms with E-state index in [9.17, 15) is 23.8 Å². The Morgan fingerprint density at radius 3 is 2.48 bits per heavy atom. The molecule has 130 valence electrons.